The Bertz CT molecular complexity index is 414. The second kappa shape index (κ2) is 7.45. The lowest BCUT2D eigenvalue weighted by Crippen LogP contribution is -2.42. The van der Waals surface area contributed by atoms with E-state index in [2.05, 4.69) is 40.0 Å². The van der Waals surface area contributed by atoms with E-state index >= 15 is 0 Å². The van der Waals surface area contributed by atoms with E-state index in [9.17, 15) is 0 Å². The van der Waals surface area contributed by atoms with Crippen LogP contribution in [0, 0.1) is 0 Å². The maximum atomic E-state index is 4.23. The third kappa shape index (κ3) is 4.36. The van der Waals surface area contributed by atoms with Crippen molar-refractivity contribution < 1.29 is 0 Å². The first kappa shape index (κ1) is 15.1. The standard InChI is InChI=1S/C13H20N4.HI/c1-14-13(16-12-5-3-4-6-12)15-9-11-7-8-17(2)10-11;/h3-4,7-8,10,12H,5-6,9H2,1-2H3,(H2,14,15,16);1H. The zero-order valence-corrected chi connectivity index (χ0v) is 13.2. The van der Waals surface area contributed by atoms with E-state index in [-0.39, 0.29) is 24.0 Å². The fourth-order valence-corrected chi connectivity index (χ4v) is 1.97. The predicted octanol–water partition coefficient (Wildman–Crippen LogP) is 2.03. The fraction of sp³-hybridized carbons (Fsp3) is 0.462. The van der Waals surface area contributed by atoms with Crippen molar-refractivity contribution in [1.82, 2.24) is 15.2 Å². The highest BCUT2D eigenvalue weighted by atomic mass is 127. The highest BCUT2D eigenvalue weighted by Crippen LogP contribution is 2.08. The first-order valence-electron chi connectivity index (χ1n) is 6.01. The fourth-order valence-electron chi connectivity index (χ4n) is 1.97. The van der Waals surface area contributed by atoms with Gasteiger partial charge in [-0.15, -0.1) is 24.0 Å². The smallest absolute Gasteiger partial charge is 0.191 e. The van der Waals surface area contributed by atoms with Crippen LogP contribution in [0.1, 0.15) is 18.4 Å². The Morgan fingerprint density at radius 2 is 2.17 bits per heavy atom. The van der Waals surface area contributed by atoms with Gasteiger partial charge in [-0.3, -0.25) is 4.99 Å². The van der Waals surface area contributed by atoms with Crippen LogP contribution in [-0.2, 0) is 13.6 Å². The molecule has 0 saturated heterocycles. The van der Waals surface area contributed by atoms with E-state index in [1.54, 1.807) is 0 Å². The van der Waals surface area contributed by atoms with E-state index in [1.807, 2.05) is 24.9 Å². The van der Waals surface area contributed by atoms with Gasteiger partial charge in [0.15, 0.2) is 5.96 Å². The molecular weight excluding hydrogens is 339 g/mol. The van der Waals surface area contributed by atoms with Gasteiger partial charge in [0.05, 0.1) is 0 Å². The summed E-state index contributed by atoms with van der Waals surface area (Å²) in [5, 5.41) is 6.74. The van der Waals surface area contributed by atoms with Crippen molar-refractivity contribution >= 4 is 29.9 Å². The summed E-state index contributed by atoms with van der Waals surface area (Å²) in [4.78, 5) is 4.23. The molecule has 0 amide bonds. The number of nitrogens with zero attached hydrogens (tertiary/aromatic N) is 2. The predicted molar refractivity (Wildman–Crippen MR) is 86.3 cm³/mol. The Hall–Kier alpha value is -0.980. The molecule has 0 fully saturated rings. The number of hydrogen-bond acceptors (Lipinski definition) is 1. The van der Waals surface area contributed by atoms with Crippen LogP contribution in [0.5, 0.6) is 0 Å². The minimum Gasteiger partial charge on any atom is -0.357 e. The van der Waals surface area contributed by atoms with E-state index in [0.717, 1.165) is 25.3 Å². The highest BCUT2D eigenvalue weighted by Gasteiger charge is 2.11. The molecule has 0 atom stereocenters. The summed E-state index contributed by atoms with van der Waals surface area (Å²) in [6, 6.07) is 2.61. The van der Waals surface area contributed by atoms with Crippen LogP contribution in [0.3, 0.4) is 0 Å². The molecule has 4 nitrogen and oxygen atoms in total. The molecule has 0 bridgehead atoms. The Labute approximate surface area is 126 Å². The second-order valence-electron chi connectivity index (χ2n) is 4.40. The monoisotopic (exact) mass is 360 g/mol. The van der Waals surface area contributed by atoms with Gasteiger partial charge >= 0.3 is 0 Å². The third-order valence-corrected chi connectivity index (χ3v) is 2.93. The van der Waals surface area contributed by atoms with Gasteiger partial charge in [0.2, 0.25) is 0 Å². The summed E-state index contributed by atoms with van der Waals surface area (Å²) in [6.45, 7) is 0.806. The number of aromatic nitrogens is 1. The van der Waals surface area contributed by atoms with Crippen LogP contribution in [0.4, 0.5) is 0 Å². The van der Waals surface area contributed by atoms with E-state index < -0.39 is 0 Å². The van der Waals surface area contributed by atoms with Gasteiger partial charge < -0.3 is 15.2 Å². The molecule has 5 heteroatoms. The lowest BCUT2D eigenvalue weighted by atomic mass is 10.2. The first-order valence-corrected chi connectivity index (χ1v) is 6.01. The van der Waals surface area contributed by atoms with Crippen molar-refractivity contribution in [3.8, 4) is 0 Å². The average molecular weight is 360 g/mol. The van der Waals surface area contributed by atoms with Crippen molar-refractivity contribution in [3.63, 3.8) is 0 Å². The minimum absolute atomic E-state index is 0. The zero-order chi connectivity index (χ0) is 12.1. The Kier molecular flexibility index (Phi) is 6.24. The molecule has 1 heterocycles. The van der Waals surface area contributed by atoms with Crippen molar-refractivity contribution in [2.75, 3.05) is 7.05 Å². The van der Waals surface area contributed by atoms with Crippen LogP contribution in [0.25, 0.3) is 0 Å². The average Bonchev–Trinajstić information content (AvgIpc) is 2.96. The molecule has 0 aliphatic heterocycles. The lowest BCUT2D eigenvalue weighted by Gasteiger charge is -2.16. The topological polar surface area (TPSA) is 41.4 Å². The number of aryl methyl sites for hydroxylation is 1. The Morgan fingerprint density at radius 1 is 1.44 bits per heavy atom. The maximum absolute atomic E-state index is 4.23. The highest BCUT2D eigenvalue weighted by molar-refractivity contribution is 14.0. The maximum Gasteiger partial charge on any atom is 0.191 e. The summed E-state index contributed by atoms with van der Waals surface area (Å²) in [5.74, 6) is 0.877. The Morgan fingerprint density at radius 3 is 2.72 bits per heavy atom. The molecule has 2 N–H and O–H groups in total. The van der Waals surface area contributed by atoms with Gasteiger partial charge in [0, 0.05) is 39.1 Å². The van der Waals surface area contributed by atoms with E-state index in [4.69, 9.17) is 0 Å². The number of rotatable bonds is 3. The minimum atomic E-state index is 0. The van der Waals surface area contributed by atoms with Gasteiger partial charge in [0.1, 0.15) is 0 Å². The van der Waals surface area contributed by atoms with Gasteiger partial charge in [-0.05, 0) is 24.5 Å². The molecule has 100 valence electrons. The van der Waals surface area contributed by atoms with E-state index in [1.165, 1.54) is 5.56 Å². The normalized spacial score (nSPS) is 15.6. The van der Waals surface area contributed by atoms with Crippen LogP contribution in [0.2, 0.25) is 0 Å². The first-order chi connectivity index (χ1) is 8.28. The van der Waals surface area contributed by atoms with Crippen molar-refractivity contribution in [1.29, 1.82) is 0 Å². The molecule has 0 unspecified atom stereocenters. The lowest BCUT2D eigenvalue weighted by molar-refractivity contribution is 0.633. The van der Waals surface area contributed by atoms with Crippen LogP contribution in [-0.4, -0.2) is 23.6 Å². The number of guanidine groups is 1. The molecule has 1 aliphatic rings. The quantitative estimate of drug-likeness (QED) is 0.375. The second-order valence-corrected chi connectivity index (χ2v) is 4.40. The summed E-state index contributed by atoms with van der Waals surface area (Å²) in [6.07, 6.45) is 10.8. The Balaban J connectivity index is 0.00000162. The van der Waals surface area contributed by atoms with Gasteiger partial charge in [-0.25, -0.2) is 0 Å². The van der Waals surface area contributed by atoms with Gasteiger partial charge in [0.25, 0.3) is 0 Å². The SMILES string of the molecule is CN=C(NCc1ccn(C)c1)NC1CC=CC1.I. The van der Waals surface area contributed by atoms with Crippen molar-refractivity contribution in [2.45, 2.75) is 25.4 Å². The van der Waals surface area contributed by atoms with Crippen LogP contribution >= 0.6 is 24.0 Å². The summed E-state index contributed by atoms with van der Waals surface area (Å²) in [7, 11) is 3.84. The molecular formula is C13H21IN4. The zero-order valence-electron chi connectivity index (χ0n) is 10.9. The molecule has 1 aromatic rings. The molecule has 0 saturated carbocycles. The summed E-state index contributed by atoms with van der Waals surface area (Å²) in [5.41, 5.74) is 1.26. The van der Waals surface area contributed by atoms with E-state index in [0.29, 0.717) is 6.04 Å². The number of nitrogens with one attached hydrogen (secondary N) is 2. The summed E-state index contributed by atoms with van der Waals surface area (Å²) >= 11 is 0. The molecule has 2 rings (SSSR count). The van der Waals surface area contributed by atoms with Gasteiger partial charge in [-0.2, -0.15) is 0 Å². The number of halogens is 1. The van der Waals surface area contributed by atoms with Crippen LogP contribution < -0.4 is 10.6 Å². The molecule has 0 aromatic carbocycles. The molecule has 0 radical (unpaired) electrons. The summed E-state index contributed by atoms with van der Waals surface area (Å²) < 4.78 is 2.05. The number of hydrogen-bond donors (Lipinski definition) is 2. The van der Waals surface area contributed by atoms with Crippen molar-refractivity contribution in [2.24, 2.45) is 12.0 Å². The third-order valence-electron chi connectivity index (χ3n) is 2.93. The molecule has 1 aliphatic carbocycles. The van der Waals surface area contributed by atoms with Gasteiger partial charge in [-0.1, -0.05) is 12.2 Å². The molecule has 0 spiro atoms. The molecule has 1 aromatic heterocycles. The number of aliphatic imine (C=N–C) groups is 1. The van der Waals surface area contributed by atoms with Crippen LogP contribution in [0.15, 0.2) is 35.6 Å². The molecule has 18 heavy (non-hydrogen) atoms. The largest absolute Gasteiger partial charge is 0.357 e. The van der Waals surface area contributed by atoms with Crippen molar-refractivity contribution in [3.05, 3.63) is 36.2 Å².